The fourth-order valence-corrected chi connectivity index (χ4v) is 1.40. The van der Waals surface area contributed by atoms with Crippen LogP contribution in [0.5, 0.6) is 0 Å². The van der Waals surface area contributed by atoms with Gasteiger partial charge in [0, 0.05) is 13.1 Å². The van der Waals surface area contributed by atoms with Crippen molar-refractivity contribution in [1.82, 2.24) is 10.2 Å². The zero-order chi connectivity index (χ0) is 8.81. The molecular weight excluding hydrogens is 154 g/mol. The highest BCUT2D eigenvalue weighted by Crippen LogP contribution is 2.09. The lowest BCUT2D eigenvalue weighted by molar-refractivity contribution is 0.204. The van der Waals surface area contributed by atoms with Gasteiger partial charge in [0.15, 0.2) is 6.19 Å². The lowest BCUT2D eigenvalue weighted by Crippen LogP contribution is -2.38. The second-order valence-corrected chi connectivity index (χ2v) is 2.94. The van der Waals surface area contributed by atoms with Crippen LogP contribution >= 0.6 is 0 Å². The normalized spacial score (nSPS) is 17.8. The van der Waals surface area contributed by atoms with Crippen molar-refractivity contribution in [3.63, 3.8) is 0 Å². The van der Waals surface area contributed by atoms with E-state index in [1.54, 1.807) is 11.1 Å². The third-order valence-electron chi connectivity index (χ3n) is 2.06. The van der Waals surface area contributed by atoms with E-state index < -0.39 is 0 Å². The van der Waals surface area contributed by atoms with Gasteiger partial charge < -0.3 is 4.90 Å². The van der Waals surface area contributed by atoms with Crippen molar-refractivity contribution < 1.29 is 4.79 Å². The number of nitrogens with one attached hydrogen (secondary N) is 1. The van der Waals surface area contributed by atoms with Crippen LogP contribution in [0.2, 0.25) is 0 Å². The monoisotopic (exact) mass is 167 g/mol. The maximum atomic E-state index is 11.1. The molecule has 0 aromatic rings. The summed E-state index contributed by atoms with van der Waals surface area (Å²) < 4.78 is 0. The quantitative estimate of drug-likeness (QED) is 0.433. The van der Waals surface area contributed by atoms with Gasteiger partial charge in [0.25, 0.3) is 0 Å². The fourth-order valence-electron chi connectivity index (χ4n) is 1.40. The molecular formula is C8H13N3O. The van der Waals surface area contributed by atoms with E-state index in [-0.39, 0.29) is 6.03 Å². The van der Waals surface area contributed by atoms with Gasteiger partial charge in [0.05, 0.1) is 0 Å². The first-order valence-corrected chi connectivity index (χ1v) is 4.28. The summed E-state index contributed by atoms with van der Waals surface area (Å²) in [6, 6.07) is -0.251. The molecule has 4 nitrogen and oxygen atoms in total. The van der Waals surface area contributed by atoms with E-state index in [9.17, 15) is 4.79 Å². The second-order valence-electron chi connectivity index (χ2n) is 2.94. The van der Waals surface area contributed by atoms with Gasteiger partial charge in [0.2, 0.25) is 0 Å². The Labute approximate surface area is 72.2 Å². The average molecular weight is 167 g/mol. The summed E-state index contributed by atoms with van der Waals surface area (Å²) in [7, 11) is 0. The van der Waals surface area contributed by atoms with Gasteiger partial charge in [-0.2, -0.15) is 5.26 Å². The number of urea groups is 1. The second kappa shape index (κ2) is 4.60. The molecule has 1 saturated heterocycles. The highest BCUT2D eigenvalue weighted by molar-refractivity contribution is 5.75. The van der Waals surface area contributed by atoms with Gasteiger partial charge in [0.1, 0.15) is 0 Å². The first-order valence-electron chi connectivity index (χ1n) is 4.28. The van der Waals surface area contributed by atoms with Gasteiger partial charge >= 0.3 is 6.03 Å². The van der Waals surface area contributed by atoms with Crippen LogP contribution in [0.4, 0.5) is 4.79 Å². The molecule has 4 heteroatoms. The molecule has 0 saturated carbocycles. The highest BCUT2D eigenvalue weighted by atomic mass is 16.2. The molecule has 1 aliphatic heterocycles. The lowest BCUT2D eigenvalue weighted by atomic mass is 10.2. The van der Waals surface area contributed by atoms with Crippen molar-refractivity contribution in [2.24, 2.45) is 0 Å². The first-order chi connectivity index (χ1) is 5.84. The van der Waals surface area contributed by atoms with Crippen molar-refractivity contribution in [2.75, 3.05) is 13.1 Å². The van der Waals surface area contributed by atoms with Crippen LogP contribution in [0.3, 0.4) is 0 Å². The predicted molar refractivity (Wildman–Crippen MR) is 44.2 cm³/mol. The number of carbonyl (C=O) groups excluding carboxylic acids is 1. The fraction of sp³-hybridized carbons (Fsp3) is 0.750. The minimum absolute atomic E-state index is 0.251. The van der Waals surface area contributed by atoms with Crippen molar-refractivity contribution in [2.45, 2.75) is 25.7 Å². The molecule has 0 aromatic carbocycles. The number of carbonyl (C=O) groups is 1. The molecule has 0 radical (unpaired) electrons. The molecule has 0 atom stereocenters. The minimum Gasteiger partial charge on any atom is -0.324 e. The number of nitrogens with zero attached hydrogens (tertiary/aromatic N) is 2. The first kappa shape index (κ1) is 8.85. The number of nitriles is 1. The predicted octanol–water partition coefficient (Wildman–Crippen LogP) is 1.05. The molecule has 66 valence electrons. The molecule has 1 N–H and O–H groups in total. The number of rotatable bonds is 0. The highest BCUT2D eigenvalue weighted by Gasteiger charge is 2.13. The standard InChI is InChI=1S/C8H13N3O/c9-7-10-8(12)11-5-3-1-2-4-6-11/h1-6H2,(H,10,12). The van der Waals surface area contributed by atoms with Crippen LogP contribution in [0.25, 0.3) is 0 Å². The molecule has 2 amide bonds. The van der Waals surface area contributed by atoms with Gasteiger partial charge in [-0.05, 0) is 12.8 Å². The van der Waals surface area contributed by atoms with Crippen LogP contribution in [0.1, 0.15) is 25.7 Å². The maximum Gasteiger partial charge on any atom is 0.330 e. The zero-order valence-electron chi connectivity index (χ0n) is 7.05. The van der Waals surface area contributed by atoms with Gasteiger partial charge in [-0.25, -0.2) is 10.1 Å². The SMILES string of the molecule is N#CNC(=O)N1CCCCCC1. The number of likely N-dealkylation sites (tertiary alicyclic amines) is 1. The number of hydrogen-bond donors (Lipinski definition) is 1. The molecule has 0 spiro atoms. The molecule has 12 heavy (non-hydrogen) atoms. The Kier molecular flexibility index (Phi) is 3.39. The summed E-state index contributed by atoms with van der Waals surface area (Å²) in [6.45, 7) is 1.57. The van der Waals surface area contributed by atoms with Crippen molar-refractivity contribution >= 4 is 6.03 Å². The molecule has 1 fully saturated rings. The van der Waals surface area contributed by atoms with E-state index in [4.69, 9.17) is 5.26 Å². The van der Waals surface area contributed by atoms with E-state index in [1.165, 1.54) is 12.8 Å². The summed E-state index contributed by atoms with van der Waals surface area (Å²) in [5, 5.41) is 10.4. The van der Waals surface area contributed by atoms with Crippen molar-refractivity contribution in [3.8, 4) is 6.19 Å². The third kappa shape index (κ3) is 2.42. The Morgan fingerprint density at radius 1 is 1.25 bits per heavy atom. The Morgan fingerprint density at radius 2 is 1.83 bits per heavy atom. The van der Waals surface area contributed by atoms with Gasteiger partial charge in [-0.1, -0.05) is 12.8 Å². The summed E-state index contributed by atoms with van der Waals surface area (Å²) in [5.41, 5.74) is 0. The summed E-state index contributed by atoms with van der Waals surface area (Å²) in [6.07, 6.45) is 6.13. The van der Waals surface area contributed by atoms with Crippen LogP contribution in [0.15, 0.2) is 0 Å². The third-order valence-corrected chi connectivity index (χ3v) is 2.06. The Bertz CT molecular complexity index is 189. The topological polar surface area (TPSA) is 56.1 Å². The maximum absolute atomic E-state index is 11.1. The van der Waals surface area contributed by atoms with Gasteiger partial charge in [-0.3, -0.25) is 0 Å². The Morgan fingerprint density at radius 3 is 2.33 bits per heavy atom. The van der Waals surface area contributed by atoms with Crippen LogP contribution < -0.4 is 5.32 Å². The molecule has 0 aliphatic carbocycles. The van der Waals surface area contributed by atoms with Crippen molar-refractivity contribution in [1.29, 1.82) is 5.26 Å². The molecule has 1 heterocycles. The Balaban J connectivity index is 2.38. The molecule has 1 aliphatic rings. The number of hydrogen-bond acceptors (Lipinski definition) is 2. The van der Waals surface area contributed by atoms with E-state index in [0.717, 1.165) is 25.9 Å². The minimum atomic E-state index is -0.251. The zero-order valence-corrected chi connectivity index (χ0v) is 7.05. The van der Waals surface area contributed by atoms with Crippen LogP contribution in [-0.2, 0) is 0 Å². The van der Waals surface area contributed by atoms with Crippen molar-refractivity contribution in [3.05, 3.63) is 0 Å². The van der Waals surface area contributed by atoms with Gasteiger partial charge in [-0.15, -0.1) is 0 Å². The average Bonchev–Trinajstić information content (AvgIpc) is 2.32. The van der Waals surface area contributed by atoms with Crippen LogP contribution in [0, 0.1) is 11.5 Å². The van der Waals surface area contributed by atoms with E-state index >= 15 is 0 Å². The molecule has 1 rings (SSSR count). The van der Waals surface area contributed by atoms with E-state index in [1.807, 2.05) is 0 Å². The van der Waals surface area contributed by atoms with Crippen LogP contribution in [-0.4, -0.2) is 24.0 Å². The summed E-state index contributed by atoms with van der Waals surface area (Å²) >= 11 is 0. The molecule has 0 aromatic heterocycles. The Hall–Kier alpha value is -1.24. The largest absolute Gasteiger partial charge is 0.330 e. The summed E-state index contributed by atoms with van der Waals surface area (Å²) in [5.74, 6) is 0. The smallest absolute Gasteiger partial charge is 0.324 e. The van der Waals surface area contributed by atoms with E-state index in [0.29, 0.717) is 0 Å². The molecule has 0 bridgehead atoms. The summed E-state index contributed by atoms with van der Waals surface area (Å²) in [4.78, 5) is 12.8. The lowest BCUT2D eigenvalue weighted by Gasteiger charge is -2.17. The number of amides is 2. The van der Waals surface area contributed by atoms with E-state index in [2.05, 4.69) is 5.32 Å². The molecule has 0 unspecified atom stereocenters.